The number of hydrogen-bond acceptors (Lipinski definition) is 3. The maximum Gasteiger partial charge on any atom is 0.251 e. The molecule has 1 amide bonds. The van der Waals surface area contributed by atoms with Crippen LogP contribution in [0.15, 0.2) is 60.7 Å². The number of carbonyl (C=O) groups excluding carboxylic acids is 1. The van der Waals surface area contributed by atoms with Gasteiger partial charge in [-0.2, -0.15) is 0 Å². The van der Waals surface area contributed by atoms with Crippen LogP contribution in [0, 0.1) is 22.1 Å². The third-order valence-corrected chi connectivity index (χ3v) is 6.76. The van der Waals surface area contributed by atoms with Crippen LogP contribution < -0.4 is 10.6 Å². The molecule has 0 aromatic heterocycles. The molecule has 0 spiro atoms. The van der Waals surface area contributed by atoms with Crippen molar-refractivity contribution in [1.29, 1.82) is 0 Å². The van der Waals surface area contributed by atoms with E-state index < -0.39 is 11.6 Å². The Morgan fingerprint density at radius 2 is 1.69 bits per heavy atom. The molecule has 0 aliphatic heterocycles. The van der Waals surface area contributed by atoms with Crippen molar-refractivity contribution in [3.05, 3.63) is 104 Å². The molecule has 0 aliphatic carbocycles. The second kappa shape index (κ2) is 17.8. The lowest BCUT2D eigenvalue weighted by atomic mass is 10.0. The van der Waals surface area contributed by atoms with E-state index in [4.69, 9.17) is 0 Å². The van der Waals surface area contributed by atoms with Gasteiger partial charge in [0, 0.05) is 34.3 Å². The standard InChI is InChI=1S/C30H36F2IN3O.2ClH/c1-4-10-36(3)20-24-11-21(2)12-25(13-24)30(37)35-29(17-23-14-26(31)18-27(32)15-23)8-9-34-19-22-6-5-7-28(33)16-22;;/h5-7,11-16,18,29,34H,4,8-10,17,19-20H2,1-3H3,(H,35,37);2*1H. The van der Waals surface area contributed by atoms with E-state index in [1.54, 1.807) is 0 Å². The van der Waals surface area contributed by atoms with Gasteiger partial charge < -0.3 is 15.5 Å². The third-order valence-electron chi connectivity index (χ3n) is 6.08. The van der Waals surface area contributed by atoms with Crippen molar-refractivity contribution in [3.8, 4) is 0 Å². The lowest BCUT2D eigenvalue weighted by molar-refractivity contribution is 0.0934. The number of carbonyl (C=O) groups is 1. The molecule has 0 saturated heterocycles. The monoisotopic (exact) mass is 691 g/mol. The van der Waals surface area contributed by atoms with Crippen LogP contribution in [0.3, 0.4) is 0 Å². The summed E-state index contributed by atoms with van der Waals surface area (Å²) in [5.41, 5.74) is 4.41. The lowest BCUT2D eigenvalue weighted by Gasteiger charge is -2.21. The van der Waals surface area contributed by atoms with E-state index >= 15 is 0 Å². The maximum absolute atomic E-state index is 13.8. The summed E-state index contributed by atoms with van der Waals surface area (Å²) in [7, 11) is 2.07. The first kappa shape index (κ1) is 35.2. The number of rotatable bonds is 13. The van der Waals surface area contributed by atoms with Gasteiger partial charge >= 0.3 is 0 Å². The molecule has 0 fully saturated rings. The zero-order valence-corrected chi connectivity index (χ0v) is 26.4. The molecule has 0 radical (unpaired) electrons. The van der Waals surface area contributed by atoms with Crippen molar-refractivity contribution >= 4 is 53.3 Å². The van der Waals surface area contributed by atoms with Gasteiger partial charge in [0.25, 0.3) is 5.91 Å². The van der Waals surface area contributed by atoms with E-state index in [1.807, 2.05) is 31.2 Å². The van der Waals surface area contributed by atoms with Crippen LogP contribution in [0.1, 0.15) is 52.4 Å². The molecule has 2 N–H and O–H groups in total. The van der Waals surface area contributed by atoms with E-state index in [0.29, 0.717) is 37.1 Å². The van der Waals surface area contributed by atoms with Gasteiger partial charge in [0.1, 0.15) is 11.6 Å². The Morgan fingerprint density at radius 3 is 2.36 bits per heavy atom. The zero-order chi connectivity index (χ0) is 26.8. The van der Waals surface area contributed by atoms with Crippen LogP contribution in [-0.2, 0) is 19.5 Å². The van der Waals surface area contributed by atoms with Gasteiger partial charge in [-0.25, -0.2) is 8.78 Å². The quantitative estimate of drug-likeness (QED) is 0.149. The molecule has 3 aromatic rings. The fourth-order valence-corrected chi connectivity index (χ4v) is 5.13. The fraction of sp³-hybridized carbons (Fsp3) is 0.367. The number of nitrogens with zero attached hydrogens (tertiary/aromatic N) is 1. The summed E-state index contributed by atoms with van der Waals surface area (Å²) in [5.74, 6) is -1.41. The second-order valence-electron chi connectivity index (χ2n) is 9.69. The predicted octanol–water partition coefficient (Wildman–Crippen LogP) is 7.08. The summed E-state index contributed by atoms with van der Waals surface area (Å²) in [6.45, 7) is 7.24. The molecule has 4 nitrogen and oxygen atoms in total. The molecule has 39 heavy (non-hydrogen) atoms. The topological polar surface area (TPSA) is 44.4 Å². The lowest BCUT2D eigenvalue weighted by Crippen LogP contribution is -2.38. The first-order chi connectivity index (χ1) is 17.7. The average Bonchev–Trinajstić information content (AvgIpc) is 2.81. The highest BCUT2D eigenvalue weighted by Gasteiger charge is 2.17. The highest BCUT2D eigenvalue weighted by atomic mass is 127. The Bertz CT molecular complexity index is 1180. The molecular formula is C30H38Cl2F2IN3O. The molecular weight excluding hydrogens is 654 g/mol. The van der Waals surface area contributed by atoms with Crippen LogP contribution in [0.25, 0.3) is 0 Å². The minimum Gasteiger partial charge on any atom is -0.349 e. The Hall–Kier alpha value is -1.78. The Kier molecular flexibility index (Phi) is 16.1. The van der Waals surface area contributed by atoms with E-state index in [-0.39, 0.29) is 36.8 Å². The van der Waals surface area contributed by atoms with Crippen molar-refractivity contribution in [3.63, 3.8) is 0 Å². The van der Waals surface area contributed by atoms with E-state index in [9.17, 15) is 13.6 Å². The molecule has 1 unspecified atom stereocenters. The van der Waals surface area contributed by atoms with Crippen LogP contribution in [0.2, 0.25) is 0 Å². The van der Waals surface area contributed by atoms with Gasteiger partial charge in [0.15, 0.2) is 0 Å². The molecule has 3 aromatic carbocycles. The van der Waals surface area contributed by atoms with E-state index in [0.717, 1.165) is 36.7 Å². The Morgan fingerprint density at radius 1 is 0.974 bits per heavy atom. The van der Waals surface area contributed by atoms with Gasteiger partial charge in [-0.05, 0) is 122 Å². The van der Waals surface area contributed by atoms with Crippen molar-refractivity contribution < 1.29 is 13.6 Å². The zero-order valence-electron chi connectivity index (χ0n) is 22.6. The number of hydrogen-bond donors (Lipinski definition) is 2. The fourth-order valence-electron chi connectivity index (χ4n) is 4.52. The largest absolute Gasteiger partial charge is 0.349 e. The summed E-state index contributed by atoms with van der Waals surface area (Å²) >= 11 is 2.29. The predicted molar refractivity (Wildman–Crippen MR) is 169 cm³/mol. The van der Waals surface area contributed by atoms with Crippen molar-refractivity contribution in [2.24, 2.45) is 0 Å². The summed E-state index contributed by atoms with van der Waals surface area (Å²) in [6, 6.07) is 17.4. The Labute approximate surface area is 257 Å². The van der Waals surface area contributed by atoms with Gasteiger partial charge in [-0.15, -0.1) is 24.8 Å². The van der Waals surface area contributed by atoms with Crippen LogP contribution in [0.5, 0.6) is 0 Å². The summed E-state index contributed by atoms with van der Waals surface area (Å²) in [6.07, 6.45) is 2.02. The SMILES string of the molecule is CCCN(C)Cc1cc(C)cc(C(=O)NC(CCNCc2cccc(I)c2)Cc2cc(F)cc(F)c2)c1.Cl.Cl. The van der Waals surface area contributed by atoms with Gasteiger partial charge in [0.2, 0.25) is 0 Å². The highest BCUT2D eigenvalue weighted by molar-refractivity contribution is 14.1. The molecule has 0 saturated carbocycles. The first-order valence-corrected chi connectivity index (χ1v) is 13.8. The molecule has 0 aliphatic rings. The second-order valence-corrected chi connectivity index (χ2v) is 10.9. The average molecular weight is 692 g/mol. The summed E-state index contributed by atoms with van der Waals surface area (Å²) < 4.78 is 28.8. The molecule has 0 bridgehead atoms. The smallest absolute Gasteiger partial charge is 0.251 e. The van der Waals surface area contributed by atoms with E-state index in [2.05, 4.69) is 70.3 Å². The molecule has 214 valence electrons. The van der Waals surface area contributed by atoms with Crippen molar-refractivity contribution in [2.75, 3.05) is 20.1 Å². The number of halogens is 5. The molecule has 0 heterocycles. The first-order valence-electron chi connectivity index (χ1n) is 12.7. The van der Waals surface area contributed by atoms with Crippen LogP contribution in [0.4, 0.5) is 8.78 Å². The van der Waals surface area contributed by atoms with Crippen molar-refractivity contribution in [1.82, 2.24) is 15.5 Å². The maximum atomic E-state index is 13.8. The van der Waals surface area contributed by atoms with Crippen LogP contribution in [-0.4, -0.2) is 37.0 Å². The highest BCUT2D eigenvalue weighted by Crippen LogP contribution is 2.15. The summed E-state index contributed by atoms with van der Waals surface area (Å²) in [4.78, 5) is 15.5. The number of amides is 1. The van der Waals surface area contributed by atoms with Crippen LogP contribution >= 0.6 is 47.4 Å². The van der Waals surface area contributed by atoms with E-state index in [1.165, 1.54) is 21.3 Å². The number of aryl methyl sites for hydroxylation is 1. The van der Waals surface area contributed by atoms with Gasteiger partial charge in [0.05, 0.1) is 0 Å². The van der Waals surface area contributed by atoms with Gasteiger partial charge in [-0.1, -0.05) is 30.7 Å². The molecule has 3 rings (SSSR count). The summed E-state index contributed by atoms with van der Waals surface area (Å²) in [5, 5.41) is 6.55. The molecule has 1 atom stereocenters. The minimum absolute atomic E-state index is 0. The number of benzene rings is 3. The van der Waals surface area contributed by atoms with Gasteiger partial charge in [-0.3, -0.25) is 4.79 Å². The molecule has 9 heteroatoms. The third kappa shape index (κ3) is 12.5. The van der Waals surface area contributed by atoms with Crippen molar-refractivity contribution in [2.45, 2.75) is 52.2 Å². The normalized spacial score (nSPS) is 11.5. The number of nitrogens with one attached hydrogen (secondary N) is 2. The minimum atomic E-state index is -0.614. The Balaban J connectivity index is 0.00000380.